The molecule has 0 spiro atoms. The molecule has 0 bridgehead atoms. The molecule has 3 N–H and O–H groups in total. The number of hydrogen-bond donors (Lipinski definition) is 2. The van der Waals surface area contributed by atoms with E-state index in [1.54, 1.807) is 0 Å². The van der Waals surface area contributed by atoms with Crippen molar-refractivity contribution in [3.63, 3.8) is 0 Å². The van der Waals surface area contributed by atoms with E-state index in [-0.39, 0.29) is 31.3 Å². The number of rotatable bonds is 5. The normalized spacial score (nSPS) is 21.8. The maximum absolute atomic E-state index is 12.8. The molecule has 1 fully saturated rings. The van der Waals surface area contributed by atoms with Crippen LogP contribution < -0.4 is 11.1 Å². The van der Waals surface area contributed by atoms with Crippen molar-refractivity contribution in [2.75, 3.05) is 19.8 Å². The molecule has 2 rings (SSSR count). The van der Waals surface area contributed by atoms with Gasteiger partial charge in [-0.3, -0.25) is 9.59 Å². The zero-order valence-electron chi connectivity index (χ0n) is 11.4. The summed E-state index contributed by atoms with van der Waals surface area (Å²) in [6.45, 7) is 0.580. The average molecular weight is 296 g/mol. The monoisotopic (exact) mass is 296 g/mol. The fourth-order valence-corrected chi connectivity index (χ4v) is 2.09. The van der Waals surface area contributed by atoms with Gasteiger partial charge in [-0.1, -0.05) is 0 Å². The number of carbonyl (C=O) groups excluding carboxylic acids is 2. The minimum absolute atomic E-state index is 0.201. The molecule has 1 aliphatic heterocycles. The largest absolute Gasteiger partial charge is 0.379 e. The fraction of sp³-hybridized carbons (Fsp3) is 0.429. The van der Waals surface area contributed by atoms with E-state index in [1.807, 2.05) is 0 Å². The van der Waals surface area contributed by atoms with E-state index in [0.29, 0.717) is 18.6 Å². The van der Waals surface area contributed by atoms with Gasteiger partial charge in [0.1, 0.15) is 12.4 Å². The summed E-state index contributed by atoms with van der Waals surface area (Å²) in [6, 6.07) is 4.85. The Morgan fingerprint density at radius 1 is 1.38 bits per heavy atom. The Kier molecular flexibility index (Phi) is 5.24. The van der Waals surface area contributed by atoms with Crippen molar-refractivity contribution in [1.29, 1.82) is 0 Å². The third kappa shape index (κ3) is 4.51. The second-order valence-corrected chi connectivity index (χ2v) is 4.77. The summed E-state index contributed by atoms with van der Waals surface area (Å²) in [7, 11) is 0. The summed E-state index contributed by atoms with van der Waals surface area (Å²) >= 11 is 0. The second-order valence-electron chi connectivity index (χ2n) is 4.77. The number of nitrogens with two attached hydrogens (primary N) is 1. The number of nitrogens with one attached hydrogen (secondary N) is 1. The summed E-state index contributed by atoms with van der Waals surface area (Å²) in [5.74, 6) is -1.32. The van der Waals surface area contributed by atoms with Gasteiger partial charge in [-0.15, -0.1) is 0 Å². The molecular formula is C14H17FN2O4. The first kappa shape index (κ1) is 15.4. The van der Waals surface area contributed by atoms with Crippen molar-refractivity contribution in [3.8, 4) is 0 Å². The van der Waals surface area contributed by atoms with E-state index >= 15 is 0 Å². The molecule has 6 nitrogen and oxygen atoms in total. The van der Waals surface area contributed by atoms with Crippen molar-refractivity contribution in [2.45, 2.75) is 18.6 Å². The van der Waals surface area contributed by atoms with Crippen molar-refractivity contribution in [3.05, 3.63) is 35.6 Å². The smallest absolute Gasteiger partial charge is 0.251 e. The lowest BCUT2D eigenvalue weighted by atomic mass is 10.1. The van der Waals surface area contributed by atoms with Crippen LogP contribution in [-0.4, -0.2) is 43.8 Å². The highest BCUT2D eigenvalue weighted by Gasteiger charge is 2.28. The maximum atomic E-state index is 12.8. The third-order valence-electron chi connectivity index (χ3n) is 3.16. The molecule has 1 aromatic rings. The Labute approximate surface area is 121 Å². The topological polar surface area (TPSA) is 90.7 Å². The molecule has 7 heteroatoms. The van der Waals surface area contributed by atoms with E-state index in [1.165, 1.54) is 24.3 Å². The van der Waals surface area contributed by atoms with Gasteiger partial charge in [0.2, 0.25) is 5.91 Å². The van der Waals surface area contributed by atoms with Crippen LogP contribution >= 0.6 is 0 Å². The summed E-state index contributed by atoms with van der Waals surface area (Å²) in [5.41, 5.74) is 5.39. The van der Waals surface area contributed by atoms with Crippen LogP contribution in [0.5, 0.6) is 0 Å². The number of primary amides is 1. The SMILES string of the molecule is NC(=O)CO[C@H]1CCOC[C@H]1NC(=O)c1ccc(F)cc1. The molecule has 0 radical (unpaired) electrons. The van der Waals surface area contributed by atoms with Gasteiger partial charge >= 0.3 is 0 Å². The van der Waals surface area contributed by atoms with Gasteiger partial charge in [-0.25, -0.2) is 4.39 Å². The third-order valence-corrected chi connectivity index (χ3v) is 3.16. The minimum atomic E-state index is -0.565. The van der Waals surface area contributed by atoms with Crippen molar-refractivity contribution in [2.24, 2.45) is 5.73 Å². The highest BCUT2D eigenvalue weighted by atomic mass is 19.1. The van der Waals surface area contributed by atoms with Crippen LogP contribution in [0, 0.1) is 5.82 Å². The van der Waals surface area contributed by atoms with Crippen LogP contribution in [0.15, 0.2) is 24.3 Å². The summed E-state index contributed by atoms with van der Waals surface area (Å²) in [6.07, 6.45) is 0.220. The number of ether oxygens (including phenoxy) is 2. The van der Waals surface area contributed by atoms with Crippen molar-refractivity contribution < 1.29 is 23.5 Å². The molecule has 1 aromatic carbocycles. The first-order valence-corrected chi connectivity index (χ1v) is 6.60. The molecule has 0 aliphatic carbocycles. The van der Waals surface area contributed by atoms with Crippen molar-refractivity contribution >= 4 is 11.8 Å². The van der Waals surface area contributed by atoms with Gasteiger partial charge in [0.15, 0.2) is 0 Å². The van der Waals surface area contributed by atoms with Gasteiger partial charge < -0.3 is 20.5 Å². The first-order chi connectivity index (χ1) is 10.1. The van der Waals surface area contributed by atoms with Crippen LogP contribution in [0.4, 0.5) is 4.39 Å². The Hall–Kier alpha value is -1.99. The van der Waals surface area contributed by atoms with Gasteiger partial charge in [0.05, 0.1) is 18.8 Å². The van der Waals surface area contributed by atoms with Gasteiger partial charge in [0, 0.05) is 12.2 Å². The molecule has 1 saturated heterocycles. The molecule has 1 aliphatic rings. The quantitative estimate of drug-likeness (QED) is 0.813. The standard InChI is InChI=1S/C14H17FN2O4/c15-10-3-1-9(2-4-10)14(19)17-11-7-20-6-5-12(11)21-8-13(16)18/h1-4,11-12H,5-8H2,(H2,16,18)(H,17,19)/t11-,12+/m1/s1. The van der Waals surface area contributed by atoms with E-state index in [9.17, 15) is 14.0 Å². The average Bonchev–Trinajstić information content (AvgIpc) is 2.47. The van der Waals surface area contributed by atoms with Crippen LogP contribution in [0.25, 0.3) is 0 Å². The lowest BCUT2D eigenvalue weighted by Gasteiger charge is -2.31. The Morgan fingerprint density at radius 3 is 2.76 bits per heavy atom. The predicted molar refractivity (Wildman–Crippen MR) is 72.0 cm³/mol. The lowest BCUT2D eigenvalue weighted by Crippen LogP contribution is -2.51. The maximum Gasteiger partial charge on any atom is 0.251 e. The van der Waals surface area contributed by atoms with E-state index < -0.39 is 11.7 Å². The first-order valence-electron chi connectivity index (χ1n) is 6.60. The molecule has 1 heterocycles. The highest BCUT2D eigenvalue weighted by molar-refractivity contribution is 5.94. The van der Waals surface area contributed by atoms with Crippen LogP contribution in [-0.2, 0) is 14.3 Å². The number of hydrogen-bond acceptors (Lipinski definition) is 4. The molecule has 0 aromatic heterocycles. The Morgan fingerprint density at radius 2 is 2.10 bits per heavy atom. The van der Waals surface area contributed by atoms with E-state index in [4.69, 9.17) is 15.2 Å². The fourth-order valence-electron chi connectivity index (χ4n) is 2.09. The molecule has 2 amide bonds. The van der Waals surface area contributed by atoms with Crippen LogP contribution in [0.2, 0.25) is 0 Å². The summed E-state index contributed by atoms with van der Waals surface area (Å²) in [4.78, 5) is 22.8. The van der Waals surface area contributed by atoms with E-state index in [0.717, 1.165) is 0 Å². The Balaban J connectivity index is 1.96. The molecule has 0 saturated carbocycles. The number of amides is 2. The predicted octanol–water partition coefficient (Wildman–Crippen LogP) is 0.215. The van der Waals surface area contributed by atoms with Crippen LogP contribution in [0.1, 0.15) is 16.8 Å². The minimum Gasteiger partial charge on any atom is -0.379 e. The molecule has 2 atom stereocenters. The number of carbonyl (C=O) groups is 2. The van der Waals surface area contributed by atoms with Gasteiger partial charge in [-0.05, 0) is 30.7 Å². The zero-order chi connectivity index (χ0) is 15.2. The summed E-state index contributed by atoms with van der Waals surface area (Å²) in [5, 5.41) is 2.76. The molecule has 21 heavy (non-hydrogen) atoms. The molecule has 114 valence electrons. The van der Waals surface area contributed by atoms with Crippen LogP contribution in [0.3, 0.4) is 0 Å². The second kappa shape index (κ2) is 7.14. The zero-order valence-corrected chi connectivity index (χ0v) is 11.4. The van der Waals surface area contributed by atoms with E-state index in [2.05, 4.69) is 5.32 Å². The molecular weight excluding hydrogens is 279 g/mol. The Bertz CT molecular complexity index is 506. The van der Waals surface area contributed by atoms with Gasteiger partial charge in [-0.2, -0.15) is 0 Å². The molecule has 0 unspecified atom stereocenters. The lowest BCUT2D eigenvalue weighted by molar-refractivity contribution is -0.128. The van der Waals surface area contributed by atoms with Crippen molar-refractivity contribution in [1.82, 2.24) is 5.32 Å². The number of halogens is 1. The number of benzene rings is 1. The highest BCUT2D eigenvalue weighted by Crippen LogP contribution is 2.13. The van der Waals surface area contributed by atoms with Gasteiger partial charge in [0.25, 0.3) is 5.91 Å². The summed E-state index contributed by atoms with van der Waals surface area (Å²) < 4.78 is 23.5.